The van der Waals surface area contributed by atoms with Crippen LogP contribution in [0.25, 0.3) is 0 Å². The number of aryl methyl sites for hydroxylation is 2. The number of ether oxygens (including phenoxy) is 1. The minimum atomic E-state index is -0.553. The lowest BCUT2D eigenvalue weighted by molar-refractivity contribution is -0.139. The maximum atomic E-state index is 13.1. The van der Waals surface area contributed by atoms with E-state index < -0.39 is 12.0 Å². The second kappa shape index (κ2) is 9.79. The van der Waals surface area contributed by atoms with E-state index in [9.17, 15) is 9.59 Å². The third kappa shape index (κ3) is 5.14. The molecule has 0 radical (unpaired) electrons. The largest absolute Gasteiger partial charge is 0.463 e. The van der Waals surface area contributed by atoms with Gasteiger partial charge in [0, 0.05) is 25.8 Å². The number of likely N-dealkylation sites (N-methyl/N-ethyl adjacent to an activating group) is 2. The number of urea groups is 1. The van der Waals surface area contributed by atoms with E-state index in [1.807, 2.05) is 57.3 Å². The first-order chi connectivity index (χ1) is 14.8. The molecule has 1 atom stereocenters. The Kier molecular flexibility index (Phi) is 7.13. The average molecular weight is 422 g/mol. The van der Waals surface area contributed by atoms with E-state index in [4.69, 9.17) is 4.74 Å². The van der Waals surface area contributed by atoms with Crippen LogP contribution in [0.5, 0.6) is 0 Å². The summed E-state index contributed by atoms with van der Waals surface area (Å²) < 4.78 is 5.42. The molecule has 0 bridgehead atoms. The molecule has 0 aromatic heterocycles. The maximum absolute atomic E-state index is 13.1. The number of hydrogen-bond acceptors (Lipinski definition) is 4. The van der Waals surface area contributed by atoms with Crippen molar-refractivity contribution in [3.63, 3.8) is 0 Å². The van der Waals surface area contributed by atoms with Crippen molar-refractivity contribution in [3.8, 4) is 0 Å². The van der Waals surface area contributed by atoms with Crippen LogP contribution >= 0.6 is 0 Å². The van der Waals surface area contributed by atoms with Crippen LogP contribution in [0.15, 0.2) is 59.8 Å². The fourth-order valence-corrected chi connectivity index (χ4v) is 3.91. The average Bonchev–Trinajstić information content (AvgIpc) is 2.73. The summed E-state index contributed by atoms with van der Waals surface area (Å²) in [7, 11) is 3.68. The molecule has 0 aliphatic carbocycles. The van der Waals surface area contributed by atoms with Gasteiger partial charge in [0.15, 0.2) is 0 Å². The second-order valence-corrected chi connectivity index (χ2v) is 8.04. The minimum Gasteiger partial charge on any atom is -0.463 e. The first-order valence-corrected chi connectivity index (χ1v) is 10.6. The topological polar surface area (TPSA) is 61.9 Å². The molecule has 1 aliphatic rings. The number of nitrogens with one attached hydrogen (secondary N) is 1. The molecule has 6 nitrogen and oxygen atoms in total. The van der Waals surface area contributed by atoms with Gasteiger partial charge in [-0.05, 0) is 44.5 Å². The smallest absolute Gasteiger partial charge is 0.338 e. The number of amides is 2. The van der Waals surface area contributed by atoms with Crippen molar-refractivity contribution in [2.75, 3.05) is 27.2 Å². The summed E-state index contributed by atoms with van der Waals surface area (Å²) in [5.74, 6) is -0.400. The van der Waals surface area contributed by atoms with Gasteiger partial charge in [0.1, 0.15) is 0 Å². The Morgan fingerprint density at radius 1 is 1.13 bits per heavy atom. The highest BCUT2D eigenvalue weighted by Gasteiger charge is 2.37. The Morgan fingerprint density at radius 2 is 1.84 bits per heavy atom. The second-order valence-electron chi connectivity index (χ2n) is 8.04. The van der Waals surface area contributed by atoms with Gasteiger partial charge >= 0.3 is 12.0 Å². The van der Waals surface area contributed by atoms with E-state index in [0.29, 0.717) is 24.4 Å². The van der Waals surface area contributed by atoms with Gasteiger partial charge in [-0.15, -0.1) is 0 Å². The van der Waals surface area contributed by atoms with E-state index in [-0.39, 0.29) is 12.6 Å². The molecule has 0 saturated carbocycles. The van der Waals surface area contributed by atoms with Crippen molar-refractivity contribution in [1.29, 1.82) is 0 Å². The lowest BCUT2D eigenvalue weighted by atomic mass is 9.90. The van der Waals surface area contributed by atoms with Crippen LogP contribution in [0.3, 0.4) is 0 Å². The molecule has 2 aromatic carbocycles. The van der Waals surface area contributed by atoms with Crippen molar-refractivity contribution in [2.45, 2.75) is 33.4 Å². The fraction of sp³-hybridized carbons (Fsp3) is 0.360. The molecule has 1 aliphatic heterocycles. The summed E-state index contributed by atoms with van der Waals surface area (Å²) >= 11 is 0. The third-order valence-electron chi connectivity index (χ3n) is 5.53. The molecule has 1 heterocycles. The van der Waals surface area contributed by atoms with Gasteiger partial charge in [-0.1, -0.05) is 54.1 Å². The number of carbonyl (C=O) groups excluding carboxylic acids is 2. The minimum absolute atomic E-state index is 0.234. The van der Waals surface area contributed by atoms with Crippen molar-refractivity contribution < 1.29 is 14.3 Å². The van der Waals surface area contributed by atoms with E-state index >= 15 is 0 Å². The maximum Gasteiger partial charge on any atom is 0.338 e. The zero-order valence-electron chi connectivity index (χ0n) is 18.9. The summed E-state index contributed by atoms with van der Waals surface area (Å²) in [6, 6.07) is 15.4. The zero-order chi connectivity index (χ0) is 22.5. The SMILES string of the molecule is CCOC(=O)C1=C(CN(C)Cc2ccccc2)N(C)C(=O)N[C@H]1c1cc(C)ccc1C. The van der Waals surface area contributed by atoms with Crippen LogP contribution in [0.2, 0.25) is 0 Å². The fourth-order valence-electron chi connectivity index (χ4n) is 3.91. The van der Waals surface area contributed by atoms with Gasteiger partial charge in [-0.2, -0.15) is 0 Å². The molecular formula is C25H31N3O3. The van der Waals surface area contributed by atoms with E-state index in [1.165, 1.54) is 4.90 Å². The molecule has 1 N–H and O–H groups in total. The molecule has 3 rings (SSSR count). The van der Waals surface area contributed by atoms with Gasteiger partial charge in [0.2, 0.25) is 0 Å². The van der Waals surface area contributed by atoms with Crippen LogP contribution in [-0.4, -0.2) is 49.0 Å². The molecule has 2 amide bonds. The molecule has 2 aromatic rings. The molecule has 0 saturated heterocycles. The zero-order valence-corrected chi connectivity index (χ0v) is 18.9. The molecular weight excluding hydrogens is 390 g/mol. The van der Waals surface area contributed by atoms with Gasteiger partial charge in [-0.25, -0.2) is 9.59 Å². The highest BCUT2D eigenvalue weighted by atomic mass is 16.5. The van der Waals surface area contributed by atoms with Crippen LogP contribution in [-0.2, 0) is 16.1 Å². The molecule has 0 spiro atoms. The van der Waals surface area contributed by atoms with Gasteiger partial charge in [0.05, 0.1) is 18.2 Å². The monoisotopic (exact) mass is 421 g/mol. The van der Waals surface area contributed by atoms with E-state index in [0.717, 1.165) is 22.3 Å². The molecule has 6 heteroatoms. The van der Waals surface area contributed by atoms with Crippen LogP contribution < -0.4 is 5.32 Å². The number of benzene rings is 2. The molecule has 164 valence electrons. The number of rotatable bonds is 7. The van der Waals surface area contributed by atoms with Gasteiger partial charge in [-0.3, -0.25) is 9.80 Å². The van der Waals surface area contributed by atoms with E-state index in [1.54, 1.807) is 14.0 Å². The Balaban J connectivity index is 2.04. The predicted octanol–water partition coefficient (Wildman–Crippen LogP) is 3.95. The Bertz CT molecular complexity index is 985. The van der Waals surface area contributed by atoms with Gasteiger partial charge < -0.3 is 10.1 Å². The van der Waals surface area contributed by atoms with Crippen molar-refractivity contribution >= 4 is 12.0 Å². The van der Waals surface area contributed by atoms with Crippen molar-refractivity contribution in [2.24, 2.45) is 0 Å². The number of carbonyl (C=O) groups is 2. The first-order valence-electron chi connectivity index (χ1n) is 10.6. The van der Waals surface area contributed by atoms with E-state index in [2.05, 4.69) is 22.3 Å². The standard InChI is InChI=1S/C25H31N3O3/c1-6-31-24(29)22-21(16-27(4)15-19-10-8-7-9-11-19)28(5)25(30)26-23(22)20-14-17(2)12-13-18(20)3/h7-14,23H,6,15-16H2,1-5H3,(H,26,30)/t23-/m0/s1. The van der Waals surface area contributed by atoms with Crippen molar-refractivity contribution in [1.82, 2.24) is 15.1 Å². The summed E-state index contributed by atoms with van der Waals surface area (Å²) in [4.78, 5) is 29.6. The lowest BCUT2D eigenvalue weighted by Gasteiger charge is -2.36. The summed E-state index contributed by atoms with van der Waals surface area (Å²) in [6.45, 7) is 7.19. The Morgan fingerprint density at radius 3 is 2.52 bits per heavy atom. The highest BCUT2D eigenvalue weighted by molar-refractivity contribution is 5.95. The normalized spacial score (nSPS) is 16.5. The summed E-state index contributed by atoms with van der Waals surface area (Å²) in [6.07, 6.45) is 0. The summed E-state index contributed by atoms with van der Waals surface area (Å²) in [5, 5.41) is 3.00. The Labute approximate surface area is 184 Å². The lowest BCUT2D eigenvalue weighted by Crippen LogP contribution is -2.49. The number of nitrogens with zero attached hydrogens (tertiary/aromatic N) is 2. The third-order valence-corrected chi connectivity index (χ3v) is 5.53. The highest BCUT2D eigenvalue weighted by Crippen LogP contribution is 2.33. The number of hydrogen-bond donors (Lipinski definition) is 1. The van der Waals surface area contributed by atoms with Crippen molar-refractivity contribution in [3.05, 3.63) is 82.1 Å². The number of esters is 1. The quantitative estimate of drug-likeness (QED) is 0.688. The first kappa shape index (κ1) is 22.6. The molecule has 0 unspecified atom stereocenters. The predicted molar refractivity (Wildman–Crippen MR) is 121 cm³/mol. The van der Waals surface area contributed by atoms with Crippen LogP contribution in [0.4, 0.5) is 4.79 Å². The summed E-state index contributed by atoms with van der Waals surface area (Å²) in [5.41, 5.74) is 5.30. The Hall–Kier alpha value is -3.12. The van der Waals surface area contributed by atoms with Crippen LogP contribution in [0.1, 0.15) is 35.2 Å². The molecule has 0 fully saturated rings. The molecule has 31 heavy (non-hydrogen) atoms. The van der Waals surface area contributed by atoms with Crippen LogP contribution in [0, 0.1) is 13.8 Å². The van der Waals surface area contributed by atoms with Gasteiger partial charge in [0.25, 0.3) is 0 Å².